The number of halogens is 2. The first-order valence-corrected chi connectivity index (χ1v) is 13.7. The summed E-state index contributed by atoms with van der Waals surface area (Å²) >= 11 is 0. The number of anilines is 1. The smallest absolute Gasteiger partial charge is 0.243 e. The minimum Gasteiger partial charge on any atom is -0.350 e. The highest BCUT2D eigenvalue weighted by atomic mass is 32.2. The summed E-state index contributed by atoms with van der Waals surface area (Å²) in [5.74, 6) is -1.78. The molecule has 0 fully saturated rings. The molecule has 36 heavy (non-hydrogen) atoms. The maximum atomic E-state index is 14.3. The van der Waals surface area contributed by atoms with Gasteiger partial charge in [0.15, 0.2) is 0 Å². The lowest BCUT2D eigenvalue weighted by Crippen LogP contribution is -2.53. The van der Waals surface area contributed by atoms with Crippen molar-refractivity contribution < 1.29 is 26.8 Å². The molecule has 1 N–H and O–H groups in total. The molecule has 0 bridgehead atoms. The summed E-state index contributed by atoms with van der Waals surface area (Å²) in [6.45, 7) is 7.28. The van der Waals surface area contributed by atoms with Gasteiger partial charge in [0.2, 0.25) is 21.8 Å². The van der Waals surface area contributed by atoms with E-state index in [2.05, 4.69) is 5.32 Å². The fourth-order valence-electron chi connectivity index (χ4n) is 3.80. The molecular formula is C26H35F2N3O4S. The molecule has 0 saturated heterocycles. The molecule has 1 atom stereocenters. The van der Waals surface area contributed by atoms with Crippen LogP contribution in [0.3, 0.4) is 0 Å². The van der Waals surface area contributed by atoms with Crippen molar-refractivity contribution in [1.29, 1.82) is 0 Å². The number of hydrogen-bond acceptors (Lipinski definition) is 4. The molecule has 2 rings (SSSR count). The summed E-state index contributed by atoms with van der Waals surface area (Å²) < 4.78 is 53.3. The van der Waals surface area contributed by atoms with Crippen molar-refractivity contribution in [3.05, 3.63) is 65.7 Å². The van der Waals surface area contributed by atoms with Crippen LogP contribution >= 0.6 is 0 Å². The predicted octanol–water partition coefficient (Wildman–Crippen LogP) is 4.23. The van der Waals surface area contributed by atoms with Crippen molar-refractivity contribution in [3.8, 4) is 0 Å². The largest absolute Gasteiger partial charge is 0.350 e. The number of hydrogen-bond donors (Lipinski definition) is 1. The molecule has 0 aliphatic heterocycles. The highest BCUT2D eigenvalue weighted by molar-refractivity contribution is 7.92. The molecule has 0 radical (unpaired) electrons. The van der Waals surface area contributed by atoms with Crippen molar-refractivity contribution >= 4 is 27.5 Å². The first-order valence-electron chi connectivity index (χ1n) is 11.8. The van der Waals surface area contributed by atoms with Gasteiger partial charge in [-0.05, 0) is 63.4 Å². The first kappa shape index (κ1) is 29.2. The number of rotatable bonds is 11. The fourth-order valence-corrected chi connectivity index (χ4v) is 4.76. The molecule has 7 nitrogen and oxygen atoms in total. The van der Waals surface area contributed by atoms with Crippen molar-refractivity contribution in [2.75, 3.05) is 17.1 Å². The third-order valence-corrected chi connectivity index (χ3v) is 6.60. The lowest BCUT2D eigenvalue weighted by Gasteiger charge is -2.33. The number of nitrogens with zero attached hydrogens (tertiary/aromatic N) is 2. The predicted molar refractivity (Wildman–Crippen MR) is 137 cm³/mol. The van der Waals surface area contributed by atoms with E-state index in [1.807, 2.05) is 20.8 Å². The number of nitrogens with one attached hydrogen (secondary N) is 1. The Morgan fingerprint density at radius 3 is 2.17 bits per heavy atom. The maximum Gasteiger partial charge on any atom is 0.243 e. The minimum atomic E-state index is -3.80. The van der Waals surface area contributed by atoms with E-state index in [9.17, 15) is 26.8 Å². The zero-order chi connectivity index (χ0) is 27.1. The van der Waals surface area contributed by atoms with E-state index in [1.54, 1.807) is 19.1 Å². The second kappa shape index (κ2) is 12.3. The van der Waals surface area contributed by atoms with Gasteiger partial charge in [0.1, 0.15) is 17.7 Å². The topological polar surface area (TPSA) is 86.8 Å². The Hall–Kier alpha value is -3.01. The van der Waals surface area contributed by atoms with Crippen LogP contribution in [-0.2, 0) is 26.2 Å². The van der Waals surface area contributed by atoms with Crippen LogP contribution in [0.25, 0.3) is 0 Å². The average molecular weight is 524 g/mol. The van der Waals surface area contributed by atoms with E-state index in [-0.39, 0.29) is 43.4 Å². The number of sulfonamides is 1. The molecule has 198 valence electrons. The Morgan fingerprint density at radius 2 is 1.64 bits per heavy atom. The molecule has 2 aromatic carbocycles. The van der Waals surface area contributed by atoms with Crippen molar-refractivity contribution in [3.63, 3.8) is 0 Å². The highest BCUT2D eigenvalue weighted by Crippen LogP contribution is 2.22. The van der Waals surface area contributed by atoms with Crippen LogP contribution in [0.15, 0.2) is 48.5 Å². The number of benzene rings is 2. The van der Waals surface area contributed by atoms with Crippen molar-refractivity contribution in [1.82, 2.24) is 10.2 Å². The standard InChI is InChI=1S/C26H35F2N3O4S/c1-6-22(25(33)29-26(2,3)4)30(18-19-13-15-20(27)16-14-19)24(32)12-9-17-31(36(5,34)35)23-11-8-7-10-21(23)28/h7-8,10-11,13-16,22H,6,9,12,17-18H2,1-5H3,(H,29,33). The molecule has 0 aliphatic rings. The summed E-state index contributed by atoms with van der Waals surface area (Å²) in [5, 5.41) is 2.90. The lowest BCUT2D eigenvalue weighted by molar-refractivity contribution is -0.142. The number of carbonyl (C=O) groups is 2. The zero-order valence-corrected chi connectivity index (χ0v) is 22.2. The number of carbonyl (C=O) groups excluding carboxylic acids is 2. The molecule has 0 aromatic heterocycles. The third kappa shape index (κ3) is 8.58. The second-order valence-electron chi connectivity index (χ2n) is 9.70. The SMILES string of the molecule is CCC(C(=O)NC(C)(C)C)N(Cc1ccc(F)cc1)C(=O)CCCN(c1ccccc1F)S(C)(=O)=O. The van der Waals surface area contributed by atoms with Crippen LogP contribution in [0.2, 0.25) is 0 Å². The highest BCUT2D eigenvalue weighted by Gasteiger charge is 2.31. The summed E-state index contributed by atoms with van der Waals surface area (Å²) in [4.78, 5) is 27.8. The maximum absolute atomic E-state index is 14.3. The average Bonchev–Trinajstić information content (AvgIpc) is 2.76. The fraction of sp³-hybridized carbons (Fsp3) is 0.462. The quantitative estimate of drug-likeness (QED) is 0.478. The number of para-hydroxylation sites is 1. The van der Waals surface area contributed by atoms with Gasteiger partial charge in [-0.25, -0.2) is 17.2 Å². The summed E-state index contributed by atoms with van der Waals surface area (Å²) in [7, 11) is -3.80. The van der Waals surface area contributed by atoms with Crippen molar-refractivity contribution in [2.24, 2.45) is 0 Å². The van der Waals surface area contributed by atoms with E-state index in [0.717, 1.165) is 10.6 Å². The molecule has 1 unspecified atom stereocenters. The van der Waals surface area contributed by atoms with Gasteiger partial charge in [-0.3, -0.25) is 13.9 Å². The number of amides is 2. The normalized spacial score (nSPS) is 12.6. The summed E-state index contributed by atoms with van der Waals surface area (Å²) in [6, 6.07) is 10.4. The third-order valence-electron chi connectivity index (χ3n) is 5.42. The Bertz CT molecular complexity index is 1150. The van der Waals surface area contributed by atoms with Crippen LogP contribution in [-0.4, -0.2) is 49.5 Å². The Labute approximate surface area is 212 Å². The van der Waals surface area contributed by atoms with Crippen LogP contribution in [0.1, 0.15) is 52.5 Å². The minimum absolute atomic E-state index is 0.0685. The van der Waals surface area contributed by atoms with E-state index >= 15 is 0 Å². The lowest BCUT2D eigenvalue weighted by atomic mass is 10.0. The Balaban J connectivity index is 2.24. The molecule has 10 heteroatoms. The molecule has 0 spiro atoms. The van der Waals surface area contributed by atoms with Crippen LogP contribution in [0, 0.1) is 11.6 Å². The molecule has 2 amide bonds. The summed E-state index contributed by atoms with van der Waals surface area (Å²) in [6.07, 6.45) is 1.37. The molecule has 0 aliphatic carbocycles. The molecule has 0 heterocycles. The second-order valence-corrected chi connectivity index (χ2v) is 11.6. The van der Waals surface area contributed by atoms with E-state index in [4.69, 9.17) is 0 Å². The zero-order valence-electron chi connectivity index (χ0n) is 21.4. The first-order chi connectivity index (χ1) is 16.7. The van der Waals surface area contributed by atoms with Gasteiger partial charge in [-0.1, -0.05) is 31.2 Å². The Kier molecular flexibility index (Phi) is 9.98. The van der Waals surface area contributed by atoms with E-state index < -0.39 is 33.2 Å². The van der Waals surface area contributed by atoms with E-state index in [0.29, 0.717) is 12.0 Å². The van der Waals surface area contributed by atoms with Crippen LogP contribution < -0.4 is 9.62 Å². The van der Waals surface area contributed by atoms with Gasteiger partial charge >= 0.3 is 0 Å². The van der Waals surface area contributed by atoms with Gasteiger partial charge in [0, 0.05) is 25.0 Å². The molecular weight excluding hydrogens is 488 g/mol. The van der Waals surface area contributed by atoms with Crippen LogP contribution in [0.4, 0.5) is 14.5 Å². The Morgan fingerprint density at radius 1 is 1.03 bits per heavy atom. The monoisotopic (exact) mass is 523 g/mol. The van der Waals surface area contributed by atoms with Gasteiger partial charge in [0.05, 0.1) is 11.9 Å². The molecule has 2 aromatic rings. The van der Waals surface area contributed by atoms with Gasteiger partial charge < -0.3 is 10.2 Å². The van der Waals surface area contributed by atoms with Crippen LogP contribution in [0.5, 0.6) is 0 Å². The van der Waals surface area contributed by atoms with Gasteiger partial charge in [-0.2, -0.15) is 0 Å². The van der Waals surface area contributed by atoms with Gasteiger partial charge in [0.25, 0.3) is 0 Å². The van der Waals surface area contributed by atoms with Gasteiger partial charge in [-0.15, -0.1) is 0 Å². The van der Waals surface area contributed by atoms with E-state index in [1.165, 1.54) is 41.3 Å². The van der Waals surface area contributed by atoms with Crippen molar-refractivity contribution in [2.45, 2.75) is 65.1 Å². The summed E-state index contributed by atoms with van der Waals surface area (Å²) in [5.41, 5.74) is 0.0488. The molecule has 0 saturated carbocycles.